The van der Waals surface area contributed by atoms with Gasteiger partial charge in [-0.1, -0.05) is 0 Å². The molecule has 4 heterocycles. The second-order valence-corrected chi connectivity index (χ2v) is 12.3. The van der Waals surface area contributed by atoms with E-state index in [0.717, 1.165) is 9.80 Å². The summed E-state index contributed by atoms with van der Waals surface area (Å²) >= 11 is 0. The van der Waals surface area contributed by atoms with Crippen LogP contribution in [0, 0.1) is 0 Å². The molecule has 2 atom stereocenters. The predicted molar refractivity (Wildman–Crippen MR) is 181 cm³/mol. The first-order valence-electron chi connectivity index (χ1n) is 17.7. The lowest BCUT2D eigenvalue weighted by atomic mass is 9.85. The van der Waals surface area contributed by atoms with Crippen LogP contribution in [0.3, 0.4) is 0 Å². The molecule has 284 valence electrons. The lowest BCUT2D eigenvalue weighted by Gasteiger charge is -2.34. The number of carbonyl (C=O) groups is 4. The molecule has 16 heteroatoms. The summed E-state index contributed by atoms with van der Waals surface area (Å²) in [5.74, 6) is -2.23. The summed E-state index contributed by atoms with van der Waals surface area (Å²) in [6, 6.07) is 6.13. The first-order valence-corrected chi connectivity index (χ1v) is 17.7. The number of hydrogen-bond donors (Lipinski definition) is 0. The molecular formula is C36H46N2O14. The van der Waals surface area contributed by atoms with Gasteiger partial charge in [0.25, 0.3) is 23.6 Å². The largest absolute Gasteiger partial charge is 0.377 e. The summed E-state index contributed by atoms with van der Waals surface area (Å²) < 4.78 is 56.5. The van der Waals surface area contributed by atoms with Crippen LogP contribution < -0.4 is 0 Å². The van der Waals surface area contributed by atoms with Crippen LogP contribution in [0.4, 0.5) is 0 Å². The Morgan fingerprint density at radius 3 is 0.923 bits per heavy atom. The number of ether oxygens (including phenoxy) is 10. The second kappa shape index (κ2) is 19.6. The van der Waals surface area contributed by atoms with E-state index in [1.54, 1.807) is 0 Å². The van der Waals surface area contributed by atoms with Gasteiger partial charge in [0, 0.05) is 33.0 Å². The zero-order chi connectivity index (χ0) is 36.1. The van der Waals surface area contributed by atoms with Crippen LogP contribution in [0.5, 0.6) is 0 Å². The van der Waals surface area contributed by atoms with E-state index < -0.39 is 35.8 Å². The number of nitrogens with zero attached hydrogens (tertiary/aromatic N) is 2. The van der Waals surface area contributed by atoms with Gasteiger partial charge in [-0.3, -0.25) is 29.0 Å². The van der Waals surface area contributed by atoms with Crippen molar-refractivity contribution in [3.05, 3.63) is 46.5 Å². The van der Waals surface area contributed by atoms with Gasteiger partial charge in [-0.2, -0.15) is 0 Å². The number of hydrogen-bond acceptors (Lipinski definition) is 14. The Morgan fingerprint density at radius 1 is 0.385 bits per heavy atom. The van der Waals surface area contributed by atoms with Gasteiger partial charge in [0.2, 0.25) is 0 Å². The monoisotopic (exact) mass is 730 g/mol. The molecule has 4 amide bonds. The van der Waals surface area contributed by atoms with E-state index in [2.05, 4.69) is 0 Å². The van der Waals surface area contributed by atoms with Crippen molar-refractivity contribution in [2.45, 2.75) is 12.2 Å². The van der Waals surface area contributed by atoms with E-state index >= 15 is 0 Å². The van der Waals surface area contributed by atoms with Crippen molar-refractivity contribution in [1.29, 1.82) is 0 Å². The van der Waals surface area contributed by atoms with Crippen LogP contribution in [0.15, 0.2) is 24.3 Å². The lowest BCUT2D eigenvalue weighted by Crippen LogP contribution is -2.48. The van der Waals surface area contributed by atoms with Crippen molar-refractivity contribution in [3.63, 3.8) is 0 Å². The average molecular weight is 731 g/mol. The number of carbonyl (C=O) groups excluding carboxylic acids is 4. The maximum Gasteiger partial charge on any atom is 0.261 e. The zero-order valence-electron chi connectivity index (χ0n) is 29.2. The highest BCUT2D eigenvalue weighted by molar-refractivity contribution is 6.33. The Labute approximate surface area is 301 Å². The minimum Gasteiger partial charge on any atom is -0.377 e. The molecule has 16 nitrogen and oxygen atoms in total. The molecule has 6 rings (SSSR count). The van der Waals surface area contributed by atoms with Crippen LogP contribution in [-0.4, -0.2) is 178 Å². The van der Waals surface area contributed by atoms with Crippen molar-refractivity contribution in [1.82, 2.24) is 9.80 Å². The molecule has 0 aromatic heterocycles. The number of benzene rings is 2. The Kier molecular flexibility index (Phi) is 14.4. The van der Waals surface area contributed by atoms with E-state index in [9.17, 15) is 19.2 Å². The fourth-order valence-electron chi connectivity index (χ4n) is 6.32. The molecule has 2 fully saturated rings. The zero-order valence-corrected chi connectivity index (χ0v) is 29.2. The van der Waals surface area contributed by atoms with Gasteiger partial charge in [0.15, 0.2) is 0 Å². The standard InChI is InChI=1S/C36H46N2O14/c39-33-27-1-2-28-32-30(36(42)38(34(28)40)22-26-24-50-16-14-46-8-6-44-10-12-48-18-20-52-26)4-3-29(31(27)32)35(41)37(33)21-25-23-49-15-13-45-7-5-43-9-11-47-17-19-51-25/h1-4,25-26H,5-24H2. The van der Waals surface area contributed by atoms with Crippen LogP contribution in [0.1, 0.15) is 41.4 Å². The third-order valence-corrected chi connectivity index (χ3v) is 8.84. The molecular weight excluding hydrogens is 684 g/mol. The predicted octanol–water partition coefficient (Wildman–Crippen LogP) is 0.962. The van der Waals surface area contributed by atoms with Crippen LogP contribution in [-0.2, 0) is 47.4 Å². The first kappa shape index (κ1) is 38.3. The van der Waals surface area contributed by atoms with E-state index in [1.165, 1.54) is 24.3 Å². The molecule has 0 saturated carbocycles. The highest BCUT2D eigenvalue weighted by atomic mass is 16.6. The molecule has 2 aromatic carbocycles. The lowest BCUT2D eigenvalue weighted by molar-refractivity contribution is -0.0523. The topological polar surface area (TPSA) is 167 Å². The summed E-state index contributed by atoms with van der Waals surface area (Å²) in [6.07, 6.45) is -1.28. The minimum atomic E-state index is -0.641. The van der Waals surface area contributed by atoms with Gasteiger partial charge in [-0.15, -0.1) is 0 Å². The molecule has 2 aromatic rings. The molecule has 2 saturated heterocycles. The van der Waals surface area contributed by atoms with Gasteiger partial charge in [-0.25, -0.2) is 0 Å². The fourth-order valence-corrected chi connectivity index (χ4v) is 6.32. The van der Waals surface area contributed by atoms with Crippen molar-refractivity contribution in [2.24, 2.45) is 0 Å². The van der Waals surface area contributed by atoms with Crippen LogP contribution in [0.25, 0.3) is 10.8 Å². The summed E-state index contributed by atoms with van der Waals surface area (Å²) in [5.41, 5.74) is 0.853. The Hall–Kier alpha value is -3.42. The summed E-state index contributed by atoms with van der Waals surface area (Å²) in [6.45, 7) is 5.80. The highest BCUT2D eigenvalue weighted by Crippen LogP contribution is 2.38. The van der Waals surface area contributed by atoms with Crippen molar-refractivity contribution >= 4 is 34.4 Å². The molecule has 0 N–H and O–H groups in total. The fraction of sp³-hybridized carbons (Fsp3) is 0.611. The third-order valence-electron chi connectivity index (χ3n) is 8.84. The third kappa shape index (κ3) is 9.57. The maximum absolute atomic E-state index is 13.9. The van der Waals surface area contributed by atoms with Gasteiger partial charge >= 0.3 is 0 Å². The number of imide groups is 2. The SMILES string of the molecule is O=C1c2ccc3c4c(ccc(c24)C(=O)N1CC1COCCOCCOCCOCCO1)C(=O)N(CC1COCCOCCOCCOCCO1)C3=O. The van der Waals surface area contributed by atoms with E-state index in [0.29, 0.717) is 92.5 Å². The van der Waals surface area contributed by atoms with Crippen LogP contribution >= 0.6 is 0 Å². The quantitative estimate of drug-likeness (QED) is 0.408. The van der Waals surface area contributed by atoms with E-state index in [4.69, 9.17) is 47.4 Å². The maximum atomic E-state index is 13.9. The number of amides is 4. The number of rotatable bonds is 4. The normalized spacial score (nSPS) is 24.5. The minimum absolute atomic E-state index is 0.0773. The van der Waals surface area contributed by atoms with E-state index in [1.807, 2.05) is 0 Å². The summed E-state index contributed by atoms with van der Waals surface area (Å²) in [7, 11) is 0. The van der Waals surface area contributed by atoms with Crippen molar-refractivity contribution < 1.29 is 66.5 Å². The second-order valence-electron chi connectivity index (χ2n) is 12.3. The summed E-state index contributed by atoms with van der Waals surface area (Å²) in [4.78, 5) is 58.0. The van der Waals surface area contributed by atoms with Gasteiger partial charge < -0.3 is 47.4 Å². The molecule has 0 spiro atoms. The first-order chi connectivity index (χ1) is 25.5. The van der Waals surface area contributed by atoms with Crippen molar-refractivity contribution in [3.8, 4) is 0 Å². The van der Waals surface area contributed by atoms with Gasteiger partial charge in [0.05, 0.1) is 144 Å². The molecule has 52 heavy (non-hydrogen) atoms. The molecule has 2 unspecified atom stereocenters. The molecule has 0 bridgehead atoms. The van der Waals surface area contributed by atoms with Crippen LogP contribution in [0.2, 0.25) is 0 Å². The van der Waals surface area contributed by atoms with E-state index in [-0.39, 0.29) is 72.5 Å². The van der Waals surface area contributed by atoms with Gasteiger partial charge in [0.1, 0.15) is 0 Å². The average Bonchev–Trinajstić information content (AvgIpc) is 3.17. The highest BCUT2D eigenvalue weighted by Gasteiger charge is 2.41. The van der Waals surface area contributed by atoms with Gasteiger partial charge in [-0.05, 0) is 24.3 Å². The Balaban J connectivity index is 1.17. The Bertz CT molecular complexity index is 1340. The molecule has 4 aliphatic rings. The molecule has 0 aliphatic carbocycles. The van der Waals surface area contributed by atoms with Crippen molar-refractivity contribution in [2.75, 3.05) is 132 Å². The Morgan fingerprint density at radius 2 is 0.635 bits per heavy atom. The molecule has 4 aliphatic heterocycles. The smallest absolute Gasteiger partial charge is 0.261 e. The molecule has 0 radical (unpaired) electrons. The summed E-state index contributed by atoms with van der Waals surface area (Å²) in [5, 5.41) is 0.563.